The highest BCUT2D eigenvalue weighted by molar-refractivity contribution is 14.0. The summed E-state index contributed by atoms with van der Waals surface area (Å²) in [4.78, 5) is 4.67. The van der Waals surface area contributed by atoms with Gasteiger partial charge in [0.1, 0.15) is 0 Å². The number of nitrogens with one attached hydrogen (secondary N) is 2. The van der Waals surface area contributed by atoms with E-state index in [-0.39, 0.29) is 24.0 Å². The van der Waals surface area contributed by atoms with E-state index >= 15 is 0 Å². The summed E-state index contributed by atoms with van der Waals surface area (Å²) >= 11 is 0. The smallest absolute Gasteiger partial charge is 0.191 e. The minimum atomic E-state index is 0. The number of aliphatic imine (C=N–C) groups is 1. The van der Waals surface area contributed by atoms with Gasteiger partial charge in [0, 0.05) is 38.1 Å². The summed E-state index contributed by atoms with van der Waals surface area (Å²) in [6.07, 6.45) is 3.80. The number of nitrogens with zero attached hydrogens (tertiary/aromatic N) is 3. The summed E-state index contributed by atoms with van der Waals surface area (Å²) in [6, 6.07) is 2.36. The highest BCUT2D eigenvalue weighted by Gasteiger charge is 2.09. The van der Waals surface area contributed by atoms with Crippen LogP contribution in [0.4, 0.5) is 0 Å². The summed E-state index contributed by atoms with van der Waals surface area (Å²) in [5.41, 5.74) is 0. The molecule has 2 N–H and O–H groups in total. The van der Waals surface area contributed by atoms with Crippen molar-refractivity contribution in [3.63, 3.8) is 0 Å². The van der Waals surface area contributed by atoms with Crippen LogP contribution in [0.25, 0.3) is 0 Å². The number of aromatic nitrogens is 2. The Balaban J connectivity index is 0.00000400. The normalized spacial score (nSPS) is 14.5. The van der Waals surface area contributed by atoms with Crippen molar-refractivity contribution in [2.24, 2.45) is 16.8 Å². The molecule has 1 heterocycles. The fourth-order valence-electron chi connectivity index (χ4n) is 1.73. The highest BCUT2D eigenvalue weighted by atomic mass is 127. The molecule has 0 aliphatic rings. The van der Waals surface area contributed by atoms with E-state index in [1.54, 1.807) is 0 Å². The van der Waals surface area contributed by atoms with Crippen LogP contribution in [0.3, 0.4) is 0 Å². The van der Waals surface area contributed by atoms with E-state index < -0.39 is 0 Å². The summed E-state index contributed by atoms with van der Waals surface area (Å²) in [7, 11) is 0. The van der Waals surface area contributed by atoms with Crippen LogP contribution in [0, 0.1) is 11.8 Å². The number of hydrogen-bond acceptors (Lipinski definition) is 2. The van der Waals surface area contributed by atoms with Crippen LogP contribution >= 0.6 is 24.0 Å². The molecule has 0 radical (unpaired) electrons. The average Bonchev–Trinajstić information content (AvgIpc) is 2.88. The highest BCUT2D eigenvalue weighted by Crippen LogP contribution is 2.02. The maximum atomic E-state index is 4.67. The zero-order valence-corrected chi connectivity index (χ0v) is 16.2. The molecule has 1 aromatic rings. The van der Waals surface area contributed by atoms with Gasteiger partial charge in [-0.3, -0.25) is 9.67 Å². The van der Waals surface area contributed by atoms with Gasteiger partial charge in [-0.1, -0.05) is 20.8 Å². The standard InChI is InChI=1S/C15H29N5.HI/c1-6-16-15(19-14(5)12(2)3)17-10-13(4)11-20-9-7-8-18-20;/h7-9,12-14H,6,10-11H2,1-5H3,(H2,16,17,19);1H. The third-order valence-corrected chi connectivity index (χ3v) is 3.33. The van der Waals surface area contributed by atoms with Crippen LogP contribution in [0.2, 0.25) is 0 Å². The average molecular weight is 407 g/mol. The minimum absolute atomic E-state index is 0. The van der Waals surface area contributed by atoms with E-state index in [0.717, 1.165) is 25.6 Å². The van der Waals surface area contributed by atoms with Gasteiger partial charge in [-0.05, 0) is 31.7 Å². The third-order valence-electron chi connectivity index (χ3n) is 3.33. The van der Waals surface area contributed by atoms with Gasteiger partial charge in [0.25, 0.3) is 0 Å². The molecule has 122 valence electrons. The molecule has 1 aromatic heterocycles. The number of rotatable bonds is 7. The lowest BCUT2D eigenvalue weighted by Crippen LogP contribution is -2.44. The van der Waals surface area contributed by atoms with Gasteiger partial charge in [-0.2, -0.15) is 5.10 Å². The molecule has 0 fully saturated rings. The number of halogens is 1. The fourth-order valence-corrected chi connectivity index (χ4v) is 1.73. The van der Waals surface area contributed by atoms with Crippen LogP contribution in [0.15, 0.2) is 23.5 Å². The lowest BCUT2D eigenvalue weighted by molar-refractivity contribution is 0.453. The van der Waals surface area contributed by atoms with Crippen LogP contribution in [-0.4, -0.2) is 34.9 Å². The zero-order valence-electron chi connectivity index (χ0n) is 13.8. The predicted molar refractivity (Wildman–Crippen MR) is 100 cm³/mol. The summed E-state index contributed by atoms with van der Waals surface area (Å²) in [6.45, 7) is 13.5. The van der Waals surface area contributed by atoms with Crippen LogP contribution in [-0.2, 0) is 6.54 Å². The second kappa shape index (κ2) is 10.9. The first-order valence-electron chi connectivity index (χ1n) is 7.55. The van der Waals surface area contributed by atoms with E-state index in [0.29, 0.717) is 17.9 Å². The second-order valence-electron chi connectivity index (χ2n) is 5.73. The van der Waals surface area contributed by atoms with Crippen molar-refractivity contribution in [1.82, 2.24) is 20.4 Å². The lowest BCUT2D eigenvalue weighted by Gasteiger charge is -2.21. The van der Waals surface area contributed by atoms with Gasteiger partial charge in [-0.15, -0.1) is 24.0 Å². The monoisotopic (exact) mass is 407 g/mol. The van der Waals surface area contributed by atoms with Crippen molar-refractivity contribution in [1.29, 1.82) is 0 Å². The van der Waals surface area contributed by atoms with E-state index in [2.05, 4.69) is 55.3 Å². The molecule has 0 saturated carbocycles. The van der Waals surface area contributed by atoms with Crippen molar-refractivity contribution in [2.75, 3.05) is 13.1 Å². The summed E-state index contributed by atoms with van der Waals surface area (Å²) in [5.74, 6) is 1.95. The van der Waals surface area contributed by atoms with E-state index in [1.807, 2.05) is 23.1 Å². The Morgan fingerprint density at radius 1 is 1.29 bits per heavy atom. The first kappa shape index (κ1) is 20.2. The van der Waals surface area contributed by atoms with Crippen molar-refractivity contribution >= 4 is 29.9 Å². The number of hydrogen-bond donors (Lipinski definition) is 2. The maximum Gasteiger partial charge on any atom is 0.191 e. The predicted octanol–water partition coefficient (Wildman–Crippen LogP) is 2.74. The maximum absolute atomic E-state index is 4.67. The molecule has 0 bridgehead atoms. The Kier molecular flexibility index (Phi) is 10.5. The van der Waals surface area contributed by atoms with Gasteiger partial charge in [0.2, 0.25) is 0 Å². The molecule has 1 rings (SSSR count). The van der Waals surface area contributed by atoms with Crippen molar-refractivity contribution < 1.29 is 0 Å². The zero-order chi connectivity index (χ0) is 15.0. The Hall–Kier alpha value is -0.790. The van der Waals surface area contributed by atoms with Gasteiger partial charge < -0.3 is 10.6 Å². The molecule has 0 aliphatic carbocycles. The van der Waals surface area contributed by atoms with E-state index in [1.165, 1.54) is 0 Å². The van der Waals surface area contributed by atoms with Crippen molar-refractivity contribution in [3.05, 3.63) is 18.5 Å². The summed E-state index contributed by atoms with van der Waals surface area (Å²) < 4.78 is 1.96. The van der Waals surface area contributed by atoms with E-state index in [9.17, 15) is 0 Å². The summed E-state index contributed by atoms with van der Waals surface area (Å²) in [5, 5.41) is 11.0. The van der Waals surface area contributed by atoms with Gasteiger partial charge in [0.05, 0.1) is 0 Å². The molecule has 0 saturated heterocycles. The molecule has 0 aliphatic heterocycles. The van der Waals surface area contributed by atoms with Crippen LogP contribution < -0.4 is 10.6 Å². The molecule has 0 spiro atoms. The Labute approximate surface area is 146 Å². The molecule has 0 amide bonds. The van der Waals surface area contributed by atoms with Gasteiger partial charge >= 0.3 is 0 Å². The Bertz CT molecular complexity index is 389. The first-order valence-corrected chi connectivity index (χ1v) is 7.55. The Morgan fingerprint density at radius 3 is 2.52 bits per heavy atom. The molecule has 21 heavy (non-hydrogen) atoms. The first-order chi connectivity index (χ1) is 9.52. The largest absolute Gasteiger partial charge is 0.357 e. The molecule has 2 unspecified atom stereocenters. The quantitative estimate of drug-likeness (QED) is 0.415. The van der Waals surface area contributed by atoms with Gasteiger partial charge in [0.15, 0.2) is 5.96 Å². The lowest BCUT2D eigenvalue weighted by atomic mass is 10.1. The molecule has 2 atom stereocenters. The minimum Gasteiger partial charge on any atom is -0.357 e. The van der Waals surface area contributed by atoms with Crippen molar-refractivity contribution in [3.8, 4) is 0 Å². The van der Waals surface area contributed by atoms with Crippen molar-refractivity contribution in [2.45, 2.75) is 47.2 Å². The van der Waals surface area contributed by atoms with Crippen LogP contribution in [0.5, 0.6) is 0 Å². The third kappa shape index (κ3) is 8.28. The van der Waals surface area contributed by atoms with E-state index in [4.69, 9.17) is 0 Å². The Morgan fingerprint density at radius 2 is 2.00 bits per heavy atom. The second-order valence-corrected chi connectivity index (χ2v) is 5.73. The molecular formula is C15H30IN5. The molecule has 5 nitrogen and oxygen atoms in total. The molecule has 6 heteroatoms. The SMILES string of the molecule is CCNC(=NCC(C)Cn1cccn1)NC(C)C(C)C.I. The number of guanidine groups is 1. The topological polar surface area (TPSA) is 54.2 Å². The molecular weight excluding hydrogens is 377 g/mol. The fraction of sp³-hybridized carbons (Fsp3) is 0.733. The van der Waals surface area contributed by atoms with Gasteiger partial charge in [-0.25, -0.2) is 0 Å². The van der Waals surface area contributed by atoms with Crippen LogP contribution in [0.1, 0.15) is 34.6 Å². The molecule has 0 aromatic carbocycles.